The Morgan fingerprint density at radius 3 is 2.41 bits per heavy atom. The average Bonchev–Trinajstić information content (AvgIpc) is 3.33. The molecule has 1 aromatic heterocycles. The van der Waals surface area contributed by atoms with Crippen LogP contribution in [0.15, 0.2) is 83.1 Å². The van der Waals surface area contributed by atoms with Gasteiger partial charge < -0.3 is 4.74 Å². The number of carbonyl (C=O) groups is 1. The number of ether oxygens (including phenoxy) is 1. The number of amides is 1. The molecule has 0 saturated heterocycles. The zero-order chi connectivity index (χ0) is 26.2. The van der Waals surface area contributed by atoms with Crippen LogP contribution in [0.1, 0.15) is 37.8 Å². The van der Waals surface area contributed by atoms with Gasteiger partial charge in [-0.3, -0.25) is 9.36 Å². The van der Waals surface area contributed by atoms with Crippen LogP contribution in [-0.4, -0.2) is 39.2 Å². The molecule has 0 aliphatic heterocycles. The number of benzene rings is 3. The van der Waals surface area contributed by atoms with Gasteiger partial charge >= 0.3 is 0 Å². The van der Waals surface area contributed by atoms with E-state index in [0.29, 0.717) is 28.5 Å². The minimum atomic E-state index is -0.241. The van der Waals surface area contributed by atoms with Crippen LogP contribution in [0.3, 0.4) is 0 Å². The largest absolute Gasteiger partial charge is 0.494 e. The van der Waals surface area contributed by atoms with Crippen LogP contribution in [-0.2, 0) is 4.79 Å². The molecule has 3 aromatic carbocycles. The van der Waals surface area contributed by atoms with Crippen molar-refractivity contribution in [3.63, 3.8) is 0 Å². The minimum Gasteiger partial charge on any atom is -0.494 e. The number of halogens is 1. The van der Waals surface area contributed by atoms with Gasteiger partial charge in [-0.1, -0.05) is 61.5 Å². The molecule has 0 aliphatic carbocycles. The molecule has 0 bridgehead atoms. The third kappa shape index (κ3) is 6.99. The highest BCUT2D eigenvalue weighted by Gasteiger charge is 2.17. The van der Waals surface area contributed by atoms with Crippen molar-refractivity contribution < 1.29 is 9.53 Å². The van der Waals surface area contributed by atoms with Crippen molar-refractivity contribution >= 4 is 35.5 Å². The number of nitrogens with zero attached hydrogens (tertiary/aromatic N) is 4. The van der Waals surface area contributed by atoms with E-state index in [2.05, 4.69) is 46.7 Å². The lowest BCUT2D eigenvalue weighted by Gasteiger charge is -2.11. The fraction of sp³-hybridized carbons (Fsp3) is 0.214. The first kappa shape index (κ1) is 26.4. The summed E-state index contributed by atoms with van der Waals surface area (Å²) in [5.74, 6) is 1.77. The van der Waals surface area contributed by atoms with Crippen molar-refractivity contribution in [3.05, 3.63) is 88.9 Å². The van der Waals surface area contributed by atoms with Gasteiger partial charge in [-0.15, -0.1) is 10.2 Å². The van der Waals surface area contributed by atoms with Crippen molar-refractivity contribution in [2.24, 2.45) is 5.10 Å². The van der Waals surface area contributed by atoms with E-state index in [1.165, 1.54) is 17.3 Å². The number of rotatable bonds is 10. The molecule has 4 aromatic rings. The van der Waals surface area contributed by atoms with Gasteiger partial charge in [0.05, 0.1) is 18.6 Å². The topological polar surface area (TPSA) is 81.4 Å². The first-order chi connectivity index (χ1) is 17.9. The molecule has 0 aliphatic rings. The summed E-state index contributed by atoms with van der Waals surface area (Å²) in [7, 11) is 0. The zero-order valence-electron chi connectivity index (χ0n) is 20.9. The second-order valence-electron chi connectivity index (χ2n) is 8.48. The summed E-state index contributed by atoms with van der Waals surface area (Å²) in [6.45, 7) is 6.83. The molecule has 0 saturated carbocycles. The monoisotopic (exact) mass is 533 g/mol. The standard InChI is InChI=1S/C28H28ClN5O2S/c1-4-36-25-15-13-24(14-16-25)34-27(22-9-11-23(29)12-10-22)32-33-28(34)37-18-26(35)31-30-17-20-5-7-21(8-6-20)19(2)3/h5-17,19H,4,18H2,1-3H3,(H,31,35). The van der Waals surface area contributed by atoms with E-state index in [4.69, 9.17) is 16.3 Å². The van der Waals surface area contributed by atoms with Crippen LogP contribution in [0, 0.1) is 0 Å². The first-order valence-corrected chi connectivity index (χ1v) is 13.3. The molecule has 1 amide bonds. The summed E-state index contributed by atoms with van der Waals surface area (Å²) in [4.78, 5) is 12.5. The number of nitrogens with one attached hydrogen (secondary N) is 1. The van der Waals surface area contributed by atoms with Gasteiger partial charge in [0.25, 0.3) is 5.91 Å². The molecule has 0 atom stereocenters. The van der Waals surface area contributed by atoms with Gasteiger partial charge in [0.15, 0.2) is 11.0 Å². The van der Waals surface area contributed by atoms with Crippen LogP contribution in [0.25, 0.3) is 17.1 Å². The van der Waals surface area contributed by atoms with Gasteiger partial charge in [0, 0.05) is 16.3 Å². The second kappa shape index (κ2) is 12.6. The quantitative estimate of drug-likeness (QED) is 0.146. The number of thioether (sulfide) groups is 1. The van der Waals surface area contributed by atoms with Gasteiger partial charge in [0.1, 0.15) is 5.75 Å². The zero-order valence-corrected chi connectivity index (χ0v) is 22.5. The summed E-state index contributed by atoms with van der Waals surface area (Å²) in [5, 5.41) is 14.1. The molecule has 1 heterocycles. The smallest absolute Gasteiger partial charge is 0.250 e. The molecule has 7 nitrogen and oxygen atoms in total. The lowest BCUT2D eigenvalue weighted by atomic mass is 10.0. The predicted octanol–water partition coefficient (Wildman–Crippen LogP) is 6.35. The molecule has 0 unspecified atom stereocenters. The maximum Gasteiger partial charge on any atom is 0.250 e. The van der Waals surface area contributed by atoms with E-state index >= 15 is 0 Å². The van der Waals surface area contributed by atoms with Crippen LogP contribution in [0.2, 0.25) is 5.02 Å². The van der Waals surface area contributed by atoms with Crippen molar-refractivity contribution in [2.75, 3.05) is 12.4 Å². The van der Waals surface area contributed by atoms with Crippen LogP contribution < -0.4 is 10.2 Å². The van der Waals surface area contributed by atoms with Gasteiger partial charge in [0.2, 0.25) is 0 Å². The summed E-state index contributed by atoms with van der Waals surface area (Å²) in [5.41, 5.74) is 6.47. The molecule has 4 rings (SSSR count). The first-order valence-electron chi connectivity index (χ1n) is 11.9. The average molecular weight is 534 g/mol. The maximum absolute atomic E-state index is 12.5. The highest BCUT2D eigenvalue weighted by Crippen LogP contribution is 2.29. The molecular formula is C28H28ClN5O2S. The van der Waals surface area contributed by atoms with Gasteiger partial charge in [-0.25, -0.2) is 5.43 Å². The van der Waals surface area contributed by atoms with E-state index in [1.54, 1.807) is 6.21 Å². The van der Waals surface area contributed by atoms with Crippen molar-refractivity contribution in [1.82, 2.24) is 20.2 Å². The highest BCUT2D eigenvalue weighted by atomic mass is 35.5. The van der Waals surface area contributed by atoms with E-state index < -0.39 is 0 Å². The lowest BCUT2D eigenvalue weighted by molar-refractivity contribution is -0.118. The minimum absolute atomic E-state index is 0.124. The third-order valence-corrected chi connectivity index (χ3v) is 6.66. The molecule has 0 spiro atoms. The van der Waals surface area contributed by atoms with E-state index in [1.807, 2.05) is 72.2 Å². The molecule has 0 fully saturated rings. The highest BCUT2D eigenvalue weighted by molar-refractivity contribution is 7.99. The van der Waals surface area contributed by atoms with Crippen LogP contribution >= 0.6 is 23.4 Å². The Bertz CT molecular complexity index is 1350. The summed E-state index contributed by atoms with van der Waals surface area (Å²) >= 11 is 7.36. The second-order valence-corrected chi connectivity index (χ2v) is 9.86. The number of hydrogen-bond donors (Lipinski definition) is 1. The van der Waals surface area contributed by atoms with Crippen molar-refractivity contribution in [1.29, 1.82) is 0 Å². The Balaban J connectivity index is 1.48. The fourth-order valence-electron chi connectivity index (χ4n) is 3.55. The molecule has 1 N–H and O–H groups in total. The maximum atomic E-state index is 12.5. The number of hydrazone groups is 1. The van der Waals surface area contributed by atoms with Gasteiger partial charge in [-0.05, 0) is 72.5 Å². The van der Waals surface area contributed by atoms with Crippen LogP contribution in [0.5, 0.6) is 5.75 Å². The van der Waals surface area contributed by atoms with Crippen LogP contribution in [0.4, 0.5) is 0 Å². The molecule has 0 radical (unpaired) electrons. The van der Waals surface area contributed by atoms with Gasteiger partial charge in [-0.2, -0.15) is 5.10 Å². The Labute approximate surface area is 225 Å². The third-order valence-electron chi connectivity index (χ3n) is 5.48. The predicted molar refractivity (Wildman–Crippen MR) is 150 cm³/mol. The summed E-state index contributed by atoms with van der Waals surface area (Å²) in [6, 6.07) is 23.2. The SMILES string of the molecule is CCOc1ccc(-n2c(SCC(=O)NN=Cc3ccc(C(C)C)cc3)nnc2-c2ccc(Cl)cc2)cc1. The Kier molecular flexibility index (Phi) is 8.98. The van der Waals surface area contributed by atoms with E-state index in [0.717, 1.165) is 22.6 Å². The molecule has 9 heteroatoms. The Hall–Kier alpha value is -3.62. The van der Waals surface area contributed by atoms with Crippen molar-refractivity contribution in [2.45, 2.75) is 31.8 Å². The Morgan fingerprint density at radius 2 is 1.76 bits per heavy atom. The fourth-order valence-corrected chi connectivity index (χ4v) is 4.42. The van der Waals surface area contributed by atoms with E-state index in [9.17, 15) is 4.79 Å². The number of carbonyl (C=O) groups excluding carboxylic acids is 1. The lowest BCUT2D eigenvalue weighted by Crippen LogP contribution is -2.20. The molecule has 190 valence electrons. The van der Waals surface area contributed by atoms with E-state index in [-0.39, 0.29) is 11.7 Å². The van der Waals surface area contributed by atoms with Crippen molar-refractivity contribution in [3.8, 4) is 22.8 Å². The Morgan fingerprint density at radius 1 is 1.05 bits per heavy atom. The number of hydrogen-bond acceptors (Lipinski definition) is 6. The number of aromatic nitrogens is 3. The molecular weight excluding hydrogens is 506 g/mol. The summed E-state index contributed by atoms with van der Waals surface area (Å²) < 4.78 is 7.49. The summed E-state index contributed by atoms with van der Waals surface area (Å²) in [6.07, 6.45) is 1.63. The normalized spacial score (nSPS) is 11.3. The molecule has 37 heavy (non-hydrogen) atoms.